The number of esters is 1. The minimum Gasteiger partial charge on any atom is -0.434 e. The zero-order chi connectivity index (χ0) is 11.0. The minimum absolute atomic E-state index is 0.397. The Morgan fingerprint density at radius 3 is 2.36 bits per heavy atom. The molecule has 0 saturated heterocycles. The van der Waals surface area contributed by atoms with E-state index in [1.54, 1.807) is 0 Å². The van der Waals surface area contributed by atoms with Crippen molar-refractivity contribution < 1.29 is 19.7 Å². The molecule has 4 heteroatoms. The first-order valence-corrected chi connectivity index (χ1v) is 5.18. The molecule has 0 aliphatic heterocycles. The third-order valence-electron chi connectivity index (χ3n) is 1.89. The Bertz CT molecular complexity index is 158. The maximum absolute atomic E-state index is 11.1. The summed E-state index contributed by atoms with van der Waals surface area (Å²) in [4.78, 5) is 11.1. The van der Waals surface area contributed by atoms with Crippen LogP contribution in [0.2, 0.25) is 0 Å². The fourth-order valence-electron chi connectivity index (χ4n) is 1.03. The highest BCUT2D eigenvalue weighted by Gasteiger charge is 2.18. The number of ether oxygens (including phenoxy) is 1. The van der Waals surface area contributed by atoms with E-state index in [4.69, 9.17) is 5.11 Å². The summed E-state index contributed by atoms with van der Waals surface area (Å²) in [5.41, 5.74) is 0. The molecule has 0 aliphatic carbocycles. The van der Waals surface area contributed by atoms with E-state index in [0.29, 0.717) is 12.8 Å². The molecule has 2 N–H and O–H groups in total. The van der Waals surface area contributed by atoms with Crippen molar-refractivity contribution >= 4 is 5.97 Å². The van der Waals surface area contributed by atoms with E-state index < -0.39 is 18.4 Å². The summed E-state index contributed by atoms with van der Waals surface area (Å²) in [7, 11) is 0. The third kappa shape index (κ3) is 5.94. The molecule has 0 heterocycles. The smallest absolute Gasteiger partial charge is 0.337 e. The van der Waals surface area contributed by atoms with Crippen molar-refractivity contribution in [2.45, 2.75) is 58.3 Å². The van der Waals surface area contributed by atoms with Crippen LogP contribution < -0.4 is 0 Å². The van der Waals surface area contributed by atoms with Crippen LogP contribution in [0.3, 0.4) is 0 Å². The van der Waals surface area contributed by atoms with Crippen LogP contribution in [-0.4, -0.2) is 28.6 Å². The van der Waals surface area contributed by atoms with E-state index in [0.717, 1.165) is 19.3 Å². The van der Waals surface area contributed by atoms with E-state index in [1.165, 1.54) is 0 Å². The predicted octanol–water partition coefficient (Wildman–Crippen LogP) is 1.20. The van der Waals surface area contributed by atoms with Crippen LogP contribution in [0.5, 0.6) is 0 Å². The molecule has 0 aromatic rings. The highest BCUT2D eigenvalue weighted by molar-refractivity contribution is 5.74. The lowest BCUT2D eigenvalue weighted by Gasteiger charge is -2.14. The van der Waals surface area contributed by atoms with Gasteiger partial charge in [-0.3, -0.25) is 0 Å². The van der Waals surface area contributed by atoms with Crippen molar-refractivity contribution in [1.82, 2.24) is 0 Å². The van der Waals surface area contributed by atoms with Crippen molar-refractivity contribution in [1.29, 1.82) is 0 Å². The second-order valence-electron chi connectivity index (χ2n) is 3.34. The van der Waals surface area contributed by atoms with E-state index in [1.807, 2.05) is 13.8 Å². The summed E-state index contributed by atoms with van der Waals surface area (Å²) in [6.45, 7) is 3.86. The van der Waals surface area contributed by atoms with Gasteiger partial charge in [0.25, 0.3) is 0 Å². The fraction of sp³-hybridized carbons (Fsp3) is 0.900. The Kier molecular flexibility index (Phi) is 7.42. The SMILES string of the molecule is CCCCC(O)C(=O)OC(O)CCC. The van der Waals surface area contributed by atoms with Crippen LogP contribution in [0, 0.1) is 0 Å². The number of aliphatic hydroxyl groups excluding tert-OH is 2. The fourth-order valence-corrected chi connectivity index (χ4v) is 1.03. The molecular formula is C10H20O4. The van der Waals surface area contributed by atoms with Gasteiger partial charge in [-0.2, -0.15) is 0 Å². The van der Waals surface area contributed by atoms with E-state index in [-0.39, 0.29) is 0 Å². The molecule has 84 valence electrons. The first-order chi connectivity index (χ1) is 6.61. The van der Waals surface area contributed by atoms with Gasteiger partial charge < -0.3 is 14.9 Å². The van der Waals surface area contributed by atoms with Crippen LogP contribution in [0.4, 0.5) is 0 Å². The molecule has 0 bridgehead atoms. The number of hydrogen-bond acceptors (Lipinski definition) is 4. The largest absolute Gasteiger partial charge is 0.434 e. The Labute approximate surface area is 84.9 Å². The van der Waals surface area contributed by atoms with Crippen molar-refractivity contribution in [3.05, 3.63) is 0 Å². The molecule has 2 atom stereocenters. The number of carbonyl (C=O) groups is 1. The number of aliphatic hydroxyl groups is 2. The van der Waals surface area contributed by atoms with Gasteiger partial charge in [0.15, 0.2) is 6.10 Å². The van der Waals surface area contributed by atoms with Gasteiger partial charge >= 0.3 is 5.97 Å². The lowest BCUT2D eigenvalue weighted by molar-refractivity contribution is -0.178. The molecule has 0 aromatic carbocycles. The van der Waals surface area contributed by atoms with Gasteiger partial charge in [0, 0.05) is 6.42 Å². The summed E-state index contributed by atoms with van der Waals surface area (Å²) in [5, 5.41) is 18.4. The van der Waals surface area contributed by atoms with Gasteiger partial charge in [-0.05, 0) is 6.42 Å². The van der Waals surface area contributed by atoms with Gasteiger partial charge in [0.1, 0.15) is 0 Å². The summed E-state index contributed by atoms with van der Waals surface area (Å²) in [6.07, 6.45) is 1.06. The third-order valence-corrected chi connectivity index (χ3v) is 1.89. The molecule has 0 fully saturated rings. The first kappa shape index (κ1) is 13.4. The molecular weight excluding hydrogens is 184 g/mol. The average Bonchev–Trinajstić information content (AvgIpc) is 2.14. The Balaban J connectivity index is 3.71. The van der Waals surface area contributed by atoms with Crippen molar-refractivity contribution in [3.63, 3.8) is 0 Å². The summed E-state index contributed by atoms with van der Waals surface area (Å²) in [5.74, 6) is -0.723. The Morgan fingerprint density at radius 2 is 1.86 bits per heavy atom. The molecule has 14 heavy (non-hydrogen) atoms. The van der Waals surface area contributed by atoms with Crippen LogP contribution >= 0.6 is 0 Å². The zero-order valence-corrected chi connectivity index (χ0v) is 8.90. The van der Waals surface area contributed by atoms with Gasteiger partial charge in [-0.15, -0.1) is 0 Å². The van der Waals surface area contributed by atoms with Gasteiger partial charge in [0.2, 0.25) is 6.29 Å². The van der Waals surface area contributed by atoms with Gasteiger partial charge in [-0.1, -0.05) is 33.1 Å². The van der Waals surface area contributed by atoms with Crippen LogP contribution in [-0.2, 0) is 9.53 Å². The van der Waals surface area contributed by atoms with E-state index in [2.05, 4.69) is 4.74 Å². The molecule has 0 amide bonds. The normalized spacial score (nSPS) is 14.9. The highest BCUT2D eigenvalue weighted by Crippen LogP contribution is 2.05. The maximum atomic E-state index is 11.1. The number of rotatable bonds is 7. The molecule has 0 rings (SSSR count). The quantitative estimate of drug-likeness (QED) is 0.483. The minimum atomic E-state index is -1.10. The summed E-state index contributed by atoms with van der Waals surface area (Å²) in [6, 6.07) is 0. The number of hydrogen-bond donors (Lipinski definition) is 2. The second-order valence-corrected chi connectivity index (χ2v) is 3.34. The lowest BCUT2D eigenvalue weighted by Crippen LogP contribution is -2.27. The monoisotopic (exact) mass is 204 g/mol. The Hall–Kier alpha value is -0.610. The highest BCUT2D eigenvalue weighted by atomic mass is 16.6. The molecule has 0 spiro atoms. The summed E-state index contributed by atoms with van der Waals surface area (Å²) < 4.78 is 4.62. The summed E-state index contributed by atoms with van der Waals surface area (Å²) >= 11 is 0. The van der Waals surface area contributed by atoms with E-state index >= 15 is 0 Å². The van der Waals surface area contributed by atoms with Crippen LogP contribution in [0.15, 0.2) is 0 Å². The molecule has 0 saturated carbocycles. The topological polar surface area (TPSA) is 66.8 Å². The van der Waals surface area contributed by atoms with E-state index in [9.17, 15) is 9.90 Å². The van der Waals surface area contributed by atoms with Gasteiger partial charge in [-0.25, -0.2) is 4.79 Å². The molecule has 0 aliphatic rings. The molecule has 0 aromatic heterocycles. The standard InChI is InChI=1S/C10H20O4/c1-3-5-7-8(11)10(13)14-9(12)6-4-2/h8-9,11-12H,3-7H2,1-2H3. The van der Waals surface area contributed by atoms with Gasteiger partial charge in [0.05, 0.1) is 0 Å². The number of carbonyl (C=O) groups excluding carboxylic acids is 1. The van der Waals surface area contributed by atoms with Crippen molar-refractivity contribution in [2.24, 2.45) is 0 Å². The molecule has 4 nitrogen and oxygen atoms in total. The average molecular weight is 204 g/mol. The maximum Gasteiger partial charge on any atom is 0.337 e. The van der Waals surface area contributed by atoms with Crippen LogP contribution in [0.25, 0.3) is 0 Å². The second kappa shape index (κ2) is 7.76. The first-order valence-electron chi connectivity index (χ1n) is 5.18. The van der Waals surface area contributed by atoms with Crippen molar-refractivity contribution in [2.75, 3.05) is 0 Å². The predicted molar refractivity (Wildman–Crippen MR) is 52.5 cm³/mol. The molecule has 2 unspecified atom stereocenters. The lowest BCUT2D eigenvalue weighted by atomic mass is 10.2. The Morgan fingerprint density at radius 1 is 1.21 bits per heavy atom. The molecule has 0 radical (unpaired) electrons. The zero-order valence-electron chi connectivity index (χ0n) is 8.90. The van der Waals surface area contributed by atoms with Crippen LogP contribution in [0.1, 0.15) is 46.0 Å². The number of unbranched alkanes of at least 4 members (excludes halogenated alkanes) is 1. The van der Waals surface area contributed by atoms with Crippen molar-refractivity contribution in [3.8, 4) is 0 Å².